The van der Waals surface area contributed by atoms with E-state index in [1.807, 2.05) is 18.5 Å². The van der Waals surface area contributed by atoms with E-state index in [0.29, 0.717) is 6.42 Å². The molecule has 0 aliphatic heterocycles. The number of hydrogen-bond donors (Lipinski definition) is 1. The van der Waals surface area contributed by atoms with Crippen LogP contribution in [0.1, 0.15) is 38.1 Å². The monoisotopic (exact) mass is 318 g/mol. The first kappa shape index (κ1) is 15.7. The van der Waals surface area contributed by atoms with Crippen LogP contribution in [0.5, 0.6) is 0 Å². The van der Waals surface area contributed by atoms with E-state index in [9.17, 15) is 5.11 Å². The number of methoxy groups -OCH3 is 1. The molecule has 0 radical (unpaired) electrons. The molecule has 0 aliphatic rings. The third-order valence-corrected chi connectivity index (χ3v) is 4.22. The summed E-state index contributed by atoms with van der Waals surface area (Å²) < 4.78 is 8.15. The van der Waals surface area contributed by atoms with Crippen molar-refractivity contribution in [3.63, 3.8) is 0 Å². The van der Waals surface area contributed by atoms with Gasteiger partial charge in [-0.2, -0.15) is 5.10 Å². The van der Waals surface area contributed by atoms with E-state index < -0.39 is 0 Å². The number of aliphatic hydroxyl groups is 1. The number of rotatable bonds is 7. The van der Waals surface area contributed by atoms with Gasteiger partial charge in [0.15, 0.2) is 0 Å². The summed E-state index contributed by atoms with van der Waals surface area (Å²) in [6.45, 7) is 6.87. The molecule has 0 saturated heterocycles. The highest BCUT2D eigenvalue weighted by atomic mass is 79.9. The molecule has 1 N–H and O–H groups in total. The fourth-order valence-electron chi connectivity index (χ4n) is 1.93. The Kier molecular flexibility index (Phi) is 6.32. The van der Waals surface area contributed by atoms with Crippen LogP contribution in [-0.4, -0.2) is 34.2 Å². The molecule has 0 fully saturated rings. The highest BCUT2D eigenvalue weighted by Crippen LogP contribution is 2.23. The Morgan fingerprint density at radius 2 is 2.11 bits per heavy atom. The van der Waals surface area contributed by atoms with Crippen LogP contribution in [-0.2, 0) is 17.7 Å². The Morgan fingerprint density at radius 1 is 1.44 bits per heavy atom. The van der Waals surface area contributed by atoms with Crippen molar-refractivity contribution in [1.82, 2.24) is 9.78 Å². The summed E-state index contributed by atoms with van der Waals surface area (Å²) in [5.41, 5.74) is 2.05. The Hall–Kier alpha value is -0.390. The normalized spacial score (nSPS) is 14.8. The van der Waals surface area contributed by atoms with Crippen molar-refractivity contribution in [3.8, 4) is 0 Å². The number of aryl methyl sites for hydroxylation is 2. The average Bonchev–Trinajstić information content (AvgIpc) is 2.63. The minimum atomic E-state index is -0.347. The van der Waals surface area contributed by atoms with Gasteiger partial charge in [0, 0.05) is 20.1 Å². The number of aromatic nitrogens is 2. The van der Waals surface area contributed by atoms with Gasteiger partial charge in [0.2, 0.25) is 0 Å². The zero-order valence-electron chi connectivity index (χ0n) is 11.6. The third-order valence-electron chi connectivity index (χ3n) is 3.19. The average molecular weight is 319 g/mol. The summed E-state index contributed by atoms with van der Waals surface area (Å²) in [5, 5.41) is 14.5. The van der Waals surface area contributed by atoms with Crippen LogP contribution in [0.15, 0.2) is 4.47 Å². The molecule has 0 aromatic carbocycles. The Bertz CT molecular complexity index is 379. The fraction of sp³-hybridized carbons (Fsp3) is 0.769. The maximum atomic E-state index is 10.1. The molecule has 18 heavy (non-hydrogen) atoms. The molecule has 5 heteroatoms. The predicted molar refractivity (Wildman–Crippen MR) is 75.8 cm³/mol. The Labute approximate surface area is 117 Å². The van der Waals surface area contributed by atoms with Crippen LogP contribution in [0.4, 0.5) is 0 Å². The van der Waals surface area contributed by atoms with Crippen molar-refractivity contribution in [3.05, 3.63) is 15.9 Å². The van der Waals surface area contributed by atoms with Crippen molar-refractivity contribution in [2.24, 2.45) is 0 Å². The second-order valence-electron chi connectivity index (χ2n) is 4.64. The molecule has 2 unspecified atom stereocenters. The van der Waals surface area contributed by atoms with E-state index in [1.165, 1.54) is 0 Å². The molecule has 1 rings (SSSR count). The quantitative estimate of drug-likeness (QED) is 0.840. The molecule has 1 aromatic rings. The van der Waals surface area contributed by atoms with Crippen LogP contribution in [0.25, 0.3) is 0 Å². The molecule has 1 heterocycles. The molecule has 4 nitrogen and oxygen atoms in total. The lowest BCUT2D eigenvalue weighted by Crippen LogP contribution is -2.17. The molecule has 0 bridgehead atoms. The zero-order chi connectivity index (χ0) is 13.7. The van der Waals surface area contributed by atoms with E-state index in [1.54, 1.807) is 7.11 Å². The number of aliphatic hydroxyl groups excluding tert-OH is 1. The predicted octanol–water partition coefficient (Wildman–Crippen LogP) is 2.69. The van der Waals surface area contributed by atoms with Crippen molar-refractivity contribution in [1.29, 1.82) is 0 Å². The molecule has 0 spiro atoms. The maximum absolute atomic E-state index is 10.1. The van der Waals surface area contributed by atoms with Gasteiger partial charge in [-0.05, 0) is 49.5 Å². The highest BCUT2D eigenvalue weighted by molar-refractivity contribution is 9.10. The summed E-state index contributed by atoms with van der Waals surface area (Å²) in [7, 11) is 1.70. The van der Waals surface area contributed by atoms with Gasteiger partial charge in [-0.15, -0.1) is 0 Å². The van der Waals surface area contributed by atoms with Gasteiger partial charge >= 0.3 is 0 Å². The second-order valence-corrected chi connectivity index (χ2v) is 5.44. The first-order valence-electron chi connectivity index (χ1n) is 6.42. The number of nitrogens with zero attached hydrogens (tertiary/aromatic N) is 2. The van der Waals surface area contributed by atoms with Crippen molar-refractivity contribution in [2.45, 2.75) is 58.8 Å². The van der Waals surface area contributed by atoms with E-state index in [4.69, 9.17) is 4.74 Å². The minimum Gasteiger partial charge on any atom is -0.393 e. The largest absolute Gasteiger partial charge is 0.393 e. The summed E-state index contributed by atoms with van der Waals surface area (Å²) in [6.07, 6.45) is 2.09. The lowest BCUT2D eigenvalue weighted by Gasteiger charge is -2.14. The van der Waals surface area contributed by atoms with Gasteiger partial charge in [-0.1, -0.05) is 0 Å². The van der Waals surface area contributed by atoms with Crippen molar-refractivity contribution < 1.29 is 9.84 Å². The Balaban J connectivity index is 2.61. The maximum Gasteiger partial charge on any atom is 0.0738 e. The lowest BCUT2D eigenvalue weighted by molar-refractivity contribution is 0.0845. The van der Waals surface area contributed by atoms with E-state index in [0.717, 1.165) is 35.2 Å². The standard InChI is InChI=1S/C13H23BrN2O2/c1-5-16-12(13(14)10(3)15-16)8-11(17)7-6-9(2)18-4/h9,11,17H,5-8H2,1-4H3. The molecule has 0 amide bonds. The molecular formula is C13H23BrN2O2. The van der Waals surface area contributed by atoms with Crippen molar-refractivity contribution in [2.75, 3.05) is 7.11 Å². The van der Waals surface area contributed by atoms with E-state index in [2.05, 4.69) is 28.0 Å². The smallest absolute Gasteiger partial charge is 0.0738 e. The topological polar surface area (TPSA) is 47.3 Å². The van der Waals surface area contributed by atoms with Crippen LogP contribution in [0.2, 0.25) is 0 Å². The summed E-state index contributed by atoms with van der Waals surface area (Å²) in [4.78, 5) is 0. The third kappa shape index (κ3) is 4.07. The number of ether oxygens (including phenoxy) is 1. The van der Waals surface area contributed by atoms with Gasteiger partial charge in [0.1, 0.15) is 0 Å². The second kappa shape index (κ2) is 7.26. The van der Waals surface area contributed by atoms with Crippen LogP contribution in [0.3, 0.4) is 0 Å². The zero-order valence-corrected chi connectivity index (χ0v) is 13.2. The van der Waals surface area contributed by atoms with Crippen LogP contribution in [0, 0.1) is 6.92 Å². The number of halogens is 1. The van der Waals surface area contributed by atoms with E-state index >= 15 is 0 Å². The number of hydrogen-bond acceptors (Lipinski definition) is 3. The molecule has 2 atom stereocenters. The van der Waals surface area contributed by atoms with Crippen LogP contribution >= 0.6 is 15.9 Å². The Morgan fingerprint density at radius 3 is 2.67 bits per heavy atom. The highest BCUT2D eigenvalue weighted by Gasteiger charge is 2.16. The summed E-state index contributed by atoms with van der Waals surface area (Å²) in [5.74, 6) is 0. The van der Waals surface area contributed by atoms with E-state index in [-0.39, 0.29) is 12.2 Å². The molecule has 104 valence electrons. The summed E-state index contributed by atoms with van der Waals surface area (Å²) in [6, 6.07) is 0. The molecule has 1 aromatic heterocycles. The van der Waals surface area contributed by atoms with Gasteiger partial charge < -0.3 is 9.84 Å². The van der Waals surface area contributed by atoms with Gasteiger partial charge in [-0.3, -0.25) is 4.68 Å². The minimum absolute atomic E-state index is 0.195. The molecule has 0 aliphatic carbocycles. The van der Waals surface area contributed by atoms with Gasteiger partial charge in [-0.25, -0.2) is 0 Å². The first-order chi connectivity index (χ1) is 8.49. The van der Waals surface area contributed by atoms with Crippen molar-refractivity contribution >= 4 is 15.9 Å². The van der Waals surface area contributed by atoms with Gasteiger partial charge in [0.25, 0.3) is 0 Å². The molecular weight excluding hydrogens is 296 g/mol. The fourth-order valence-corrected chi connectivity index (χ4v) is 2.38. The van der Waals surface area contributed by atoms with Gasteiger partial charge in [0.05, 0.1) is 28.1 Å². The lowest BCUT2D eigenvalue weighted by atomic mass is 10.1. The SMILES string of the molecule is CCn1nc(C)c(Br)c1CC(O)CCC(C)OC. The molecule has 0 saturated carbocycles. The first-order valence-corrected chi connectivity index (χ1v) is 7.21. The van der Waals surface area contributed by atoms with Crippen LogP contribution < -0.4 is 0 Å². The summed E-state index contributed by atoms with van der Waals surface area (Å²) >= 11 is 3.54.